The van der Waals surface area contributed by atoms with Crippen molar-refractivity contribution in [3.05, 3.63) is 58.0 Å². The van der Waals surface area contributed by atoms with Crippen LogP contribution in [-0.4, -0.2) is 26.3 Å². The molecule has 1 heterocycles. The smallest absolute Gasteiger partial charge is 0.266 e. The molecule has 0 radical (unpaired) electrons. The van der Waals surface area contributed by atoms with Gasteiger partial charge in [-0.1, -0.05) is 60.9 Å². The number of hydrogen-bond acceptors (Lipinski definition) is 6. The maximum absolute atomic E-state index is 13.0. The van der Waals surface area contributed by atoms with E-state index in [0.29, 0.717) is 31.2 Å². The topological polar surface area (TPSA) is 65.3 Å². The van der Waals surface area contributed by atoms with E-state index in [9.17, 15) is 9.90 Å². The van der Waals surface area contributed by atoms with Gasteiger partial charge >= 0.3 is 0 Å². The first-order chi connectivity index (χ1) is 14.5. The van der Waals surface area contributed by atoms with Gasteiger partial charge in [0.25, 0.3) is 5.91 Å². The quantitative estimate of drug-likeness (QED) is 0.305. The number of thioether (sulfide) groups is 1. The highest BCUT2D eigenvalue weighted by Crippen LogP contribution is 2.38. The summed E-state index contributed by atoms with van der Waals surface area (Å²) < 4.78 is 0.592. The van der Waals surface area contributed by atoms with Crippen LogP contribution in [-0.2, 0) is 4.79 Å². The highest BCUT2D eigenvalue weighted by atomic mass is 35.5. The normalized spacial score (nSPS) is 19.4. The fourth-order valence-corrected chi connectivity index (χ4v) is 5.22. The second-order valence-electron chi connectivity index (χ2n) is 7.27. The van der Waals surface area contributed by atoms with Gasteiger partial charge in [-0.05, 0) is 55.3 Å². The van der Waals surface area contributed by atoms with Gasteiger partial charge in [0.1, 0.15) is 10.1 Å². The number of thiocarbonyl (C=S) groups is 1. The molecule has 1 saturated heterocycles. The number of carbonyl (C=O) groups excluding carboxylic acids is 1. The molecule has 8 heteroatoms. The molecule has 1 aliphatic heterocycles. The van der Waals surface area contributed by atoms with Gasteiger partial charge in [0, 0.05) is 16.6 Å². The lowest BCUT2D eigenvalue weighted by Gasteiger charge is -2.29. The molecule has 2 fully saturated rings. The summed E-state index contributed by atoms with van der Waals surface area (Å²) in [4.78, 5) is 15.2. The first kappa shape index (κ1) is 21.0. The molecule has 0 bridgehead atoms. The maximum Gasteiger partial charge on any atom is 0.266 e. The zero-order valence-corrected chi connectivity index (χ0v) is 18.5. The third-order valence-corrected chi connectivity index (χ3v) is 6.72. The number of phenols is 1. The second-order valence-corrected chi connectivity index (χ2v) is 9.38. The van der Waals surface area contributed by atoms with E-state index >= 15 is 0 Å². The SMILES string of the molecule is O=C1/C(=C/c2cc(N=Nc3cccc(Cl)c3)ccc2O)SC(=S)N1C1CCCCC1. The van der Waals surface area contributed by atoms with Gasteiger partial charge in [0.05, 0.1) is 16.3 Å². The number of azo groups is 1. The van der Waals surface area contributed by atoms with Crippen LogP contribution in [0.3, 0.4) is 0 Å². The molecule has 0 aromatic heterocycles. The predicted octanol–water partition coefficient (Wildman–Crippen LogP) is 6.99. The van der Waals surface area contributed by atoms with Crippen molar-refractivity contribution in [3.63, 3.8) is 0 Å². The van der Waals surface area contributed by atoms with Crippen LogP contribution in [0.25, 0.3) is 6.08 Å². The van der Waals surface area contributed by atoms with Gasteiger partial charge in [-0.15, -0.1) is 0 Å². The molecular weight excluding hydrogens is 438 g/mol. The zero-order valence-electron chi connectivity index (χ0n) is 16.1. The molecule has 2 aliphatic rings. The van der Waals surface area contributed by atoms with Gasteiger partial charge in [-0.25, -0.2) is 0 Å². The van der Waals surface area contributed by atoms with Crippen LogP contribution < -0.4 is 0 Å². The summed E-state index contributed by atoms with van der Waals surface area (Å²) in [5, 5.41) is 19.3. The predicted molar refractivity (Wildman–Crippen MR) is 126 cm³/mol. The molecule has 0 atom stereocenters. The van der Waals surface area contributed by atoms with E-state index in [1.165, 1.54) is 18.2 Å². The van der Waals surface area contributed by atoms with E-state index in [-0.39, 0.29) is 17.7 Å². The van der Waals surface area contributed by atoms with Crippen molar-refractivity contribution in [2.24, 2.45) is 10.2 Å². The number of aromatic hydroxyl groups is 1. The van der Waals surface area contributed by atoms with Crippen molar-refractivity contribution in [2.75, 3.05) is 0 Å². The Labute approximate surface area is 189 Å². The molecule has 154 valence electrons. The molecule has 2 aromatic carbocycles. The van der Waals surface area contributed by atoms with Crippen LogP contribution in [0.15, 0.2) is 57.6 Å². The van der Waals surface area contributed by atoms with Crippen LogP contribution in [0.5, 0.6) is 5.75 Å². The summed E-state index contributed by atoms with van der Waals surface area (Å²) in [6, 6.07) is 12.2. The van der Waals surface area contributed by atoms with Crippen molar-refractivity contribution in [2.45, 2.75) is 38.1 Å². The number of rotatable bonds is 4. The van der Waals surface area contributed by atoms with Crippen molar-refractivity contribution in [1.82, 2.24) is 4.90 Å². The van der Waals surface area contributed by atoms with E-state index in [0.717, 1.165) is 25.7 Å². The zero-order chi connectivity index (χ0) is 21.1. The van der Waals surface area contributed by atoms with Crippen molar-refractivity contribution >= 4 is 63.3 Å². The van der Waals surface area contributed by atoms with Gasteiger partial charge in [0.15, 0.2) is 0 Å². The molecule has 1 amide bonds. The summed E-state index contributed by atoms with van der Waals surface area (Å²) in [7, 11) is 0. The Morgan fingerprint density at radius 1 is 1.10 bits per heavy atom. The number of phenolic OH excluding ortho intramolecular Hbond substituents is 1. The Balaban J connectivity index is 1.56. The number of halogens is 1. The van der Waals surface area contributed by atoms with E-state index in [4.69, 9.17) is 23.8 Å². The fraction of sp³-hybridized carbons (Fsp3) is 0.273. The average Bonchev–Trinajstić information content (AvgIpc) is 3.02. The first-order valence-electron chi connectivity index (χ1n) is 9.78. The lowest BCUT2D eigenvalue weighted by atomic mass is 9.94. The molecular formula is C22H20ClN3O2S2. The molecule has 2 aromatic rings. The molecule has 30 heavy (non-hydrogen) atoms. The molecule has 0 unspecified atom stereocenters. The van der Waals surface area contributed by atoms with Crippen LogP contribution >= 0.6 is 35.6 Å². The van der Waals surface area contributed by atoms with Crippen LogP contribution in [0, 0.1) is 0 Å². The van der Waals surface area contributed by atoms with E-state index in [2.05, 4.69) is 10.2 Å². The number of benzene rings is 2. The van der Waals surface area contributed by atoms with Crippen molar-refractivity contribution in [3.8, 4) is 5.75 Å². The number of carbonyl (C=O) groups is 1. The summed E-state index contributed by atoms with van der Waals surface area (Å²) in [6.45, 7) is 0. The summed E-state index contributed by atoms with van der Waals surface area (Å²) in [5.41, 5.74) is 1.69. The molecule has 1 N–H and O–H groups in total. The molecule has 1 aliphatic carbocycles. The van der Waals surface area contributed by atoms with Gasteiger partial charge < -0.3 is 5.11 Å². The number of amides is 1. The largest absolute Gasteiger partial charge is 0.507 e. The van der Waals surface area contributed by atoms with Crippen molar-refractivity contribution in [1.29, 1.82) is 0 Å². The Kier molecular flexibility index (Phi) is 6.51. The Hall–Kier alpha value is -2.22. The minimum absolute atomic E-state index is 0.0691. The van der Waals surface area contributed by atoms with E-state index in [1.54, 1.807) is 53.4 Å². The minimum Gasteiger partial charge on any atom is -0.507 e. The standard InChI is InChI=1S/C22H20ClN3O2S2/c23-15-5-4-6-16(13-15)24-25-17-9-10-19(27)14(11-17)12-20-21(28)26(22(29)30-20)18-7-2-1-3-8-18/h4-6,9-13,18,27H,1-3,7-8H2/b20-12-,25-24?. The van der Waals surface area contributed by atoms with Crippen LogP contribution in [0.4, 0.5) is 11.4 Å². The van der Waals surface area contributed by atoms with E-state index in [1.807, 2.05) is 0 Å². The van der Waals surface area contributed by atoms with Gasteiger partial charge in [0.2, 0.25) is 0 Å². The van der Waals surface area contributed by atoms with Crippen LogP contribution in [0.2, 0.25) is 5.02 Å². The second kappa shape index (κ2) is 9.29. The Morgan fingerprint density at radius 3 is 2.57 bits per heavy atom. The lowest BCUT2D eigenvalue weighted by molar-refractivity contribution is -0.124. The number of hydrogen-bond donors (Lipinski definition) is 1. The Bertz CT molecular complexity index is 1050. The third-order valence-electron chi connectivity index (χ3n) is 5.15. The van der Waals surface area contributed by atoms with Gasteiger partial charge in [-0.2, -0.15) is 10.2 Å². The Morgan fingerprint density at radius 2 is 1.83 bits per heavy atom. The summed E-state index contributed by atoms with van der Waals surface area (Å²) in [5.74, 6) is -0.0121. The average molecular weight is 458 g/mol. The third kappa shape index (κ3) is 4.74. The van der Waals surface area contributed by atoms with Gasteiger partial charge in [-0.3, -0.25) is 9.69 Å². The van der Waals surface area contributed by atoms with E-state index < -0.39 is 0 Å². The fourth-order valence-electron chi connectivity index (χ4n) is 3.65. The highest BCUT2D eigenvalue weighted by Gasteiger charge is 2.37. The molecule has 4 rings (SSSR count). The minimum atomic E-state index is -0.0812. The first-order valence-corrected chi connectivity index (χ1v) is 11.4. The molecule has 0 spiro atoms. The van der Waals surface area contributed by atoms with Crippen LogP contribution in [0.1, 0.15) is 37.7 Å². The monoisotopic (exact) mass is 457 g/mol. The molecule has 1 saturated carbocycles. The summed E-state index contributed by atoms with van der Waals surface area (Å²) in [6.07, 6.45) is 7.12. The molecule has 5 nitrogen and oxygen atoms in total. The summed E-state index contributed by atoms with van der Waals surface area (Å²) >= 11 is 12.7. The highest BCUT2D eigenvalue weighted by molar-refractivity contribution is 8.26. The number of nitrogens with zero attached hydrogens (tertiary/aromatic N) is 3. The maximum atomic E-state index is 13.0. The lowest BCUT2D eigenvalue weighted by Crippen LogP contribution is -2.39. The van der Waals surface area contributed by atoms with Crippen molar-refractivity contribution < 1.29 is 9.90 Å².